The second-order valence-electron chi connectivity index (χ2n) is 6.77. The Hall–Kier alpha value is -2.33. The molecule has 3 heterocycles. The second kappa shape index (κ2) is 6.29. The lowest BCUT2D eigenvalue weighted by atomic mass is 9.74. The number of nitrogens with two attached hydrogens (primary N) is 1. The Morgan fingerprint density at radius 3 is 2.42 bits per heavy atom. The number of nitrogens with zero attached hydrogens (tertiary/aromatic N) is 1. The lowest BCUT2D eigenvalue weighted by Gasteiger charge is -2.45. The molecular formula is C20H22N2O2. The number of carbonyl (C=O) groups excluding carboxylic acids is 1. The largest absolute Gasteiger partial charge is 0.457 e. The van der Waals surface area contributed by atoms with Crippen LogP contribution in [0.15, 0.2) is 48.5 Å². The van der Waals surface area contributed by atoms with Crippen molar-refractivity contribution in [2.45, 2.75) is 18.8 Å². The van der Waals surface area contributed by atoms with Crippen LogP contribution in [-0.4, -0.2) is 30.4 Å². The van der Waals surface area contributed by atoms with Gasteiger partial charge >= 0.3 is 0 Å². The number of carbonyl (C=O) groups is 1. The zero-order chi connectivity index (χ0) is 16.5. The first-order chi connectivity index (χ1) is 11.7. The van der Waals surface area contributed by atoms with E-state index in [1.54, 1.807) is 0 Å². The Labute approximate surface area is 142 Å². The van der Waals surface area contributed by atoms with Gasteiger partial charge in [-0.1, -0.05) is 18.2 Å². The predicted octanol–water partition coefficient (Wildman–Crippen LogP) is 3.39. The van der Waals surface area contributed by atoms with Gasteiger partial charge in [-0.15, -0.1) is 0 Å². The van der Waals surface area contributed by atoms with E-state index in [0.29, 0.717) is 17.4 Å². The highest BCUT2D eigenvalue weighted by atomic mass is 16.5. The third-order valence-electron chi connectivity index (χ3n) is 5.32. The minimum absolute atomic E-state index is 0.354. The fourth-order valence-corrected chi connectivity index (χ4v) is 4.08. The molecule has 124 valence electrons. The number of amides is 1. The molecule has 3 fully saturated rings. The minimum atomic E-state index is -0.354. The van der Waals surface area contributed by atoms with Gasteiger partial charge in [-0.3, -0.25) is 4.79 Å². The Morgan fingerprint density at radius 2 is 1.79 bits per heavy atom. The van der Waals surface area contributed by atoms with Gasteiger partial charge in [0.1, 0.15) is 11.5 Å². The Bertz CT molecular complexity index is 737. The van der Waals surface area contributed by atoms with Gasteiger partial charge in [0.2, 0.25) is 5.91 Å². The first kappa shape index (κ1) is 15.2. The molecule has 4 nitrogen and oxygen atoms in total. The summed E-state index contributed by atoms with van der Waals surface area (Å²) >= 11 is 0. The summed E-state index contributed by atoms with van der Waals surface area (Å²) in [6.45, 7) is 3.36. The third-order valence-corrected chi connectivity index (χ3v) is 5.32. The third kappa shape index (κ3) is 2.89. The van der Waals surface area contributed by atoms with Gasteiger partial charge in [0.05, 0.1) is 0 Å². The van der Waals surface area contributed by atoms with Gasteiger partial charge in [0.25, 0.3) is 0 Å². The van der Waals surface area contributed by atoms with Crippen molar-refractivity contribution >= 4 is 5.91 Å². The number of ether oxygens (including phenoxy) is 1. The van der Waals surface area contributed by atoms with E-state index in [2.05, 4.69) is 4.90 Å². The summed E-state index contributed by atoms with van der Waals surface area (Å²) < 4.78 is 5.96. The van der Waals surface area contributed by atoms with Gasteiger partial charge in [-0.05, 0) is 67.7 Å². The number of para-hydroxylation sites is 1. The molecule has 5 rings (SSSR count). The summed E-state index contributed by atoms with van der Waals surface area (Å²) in [6, 6.07) is 15.4. The Balaban J connectivity index is 1.68. The van der Waals surface area contributed by atoms with E-state index in [4.69, 9.17) is 10.5 Å². The SMILES string of the molecule is NC(=O)c1ccc(Oc2ccccc2)cc1C1CN2CCC1CC2. The molecule has 2 N–H and O–H groups in total. The summed E-state index contributed by atoms with van der Waals surface area (Å²) in [5.41, 5.74) is 7.31. The molecule has 2 aromatic carbocycles. The number of benzene rings is 2. The molecule has 4 heteroatoms. The van der Waals surface area contributed by atoms with Crippen LogP contribution in [0.25, 0.3) is 0 Å². The number of rotatable bonds is 4. The fourth-order valence-electron chi connectivity index (χ4n) is 4.08. The first-order valence-corrected chi connectivity index (χ1v) is 8.60. The van der Waals surface area contributed by atoms with Crippen LogP contribution in [-0.2, 0) is 0 Å². The standard InChI is InChI=1S/C20H22N2O2/c21-20(23)17-7-6-16(24-15-4-2-1-3-5-15)12-18(17)19-13-22-10-8-14(19)9-11-22/h1-7,12,14,19H,8-11,13H2,(H2,21,23). The van der Waals surface area contributed by atoms with E-state index in [9.17, 15) is 4.79 Å². The molecule has 3 aliphatic heterocycles. The molecule has 24 heavy (non-hydrogen) atoms. The van der Waals surface area contributed by atoms with Crippen molar-refractivity contribution in [3.8, 4) is 11.5 Å². The lowest BCUT2D eigenvalue weighted by molar-refractivity contribution is 0.0855. The number of piperidine rings is 3. The van der Waals surface area contributed by atoms with Crippen LogP contribution >= 0.6 is 0 Å². The van der Waals surface area contributed by atoms with E-state index < -0.39 is 0 Å². The zero-order valence-electron chi connectivity index (χ0n) is 13.7. The minimum Gasteiger partial charge on any atom is -0.457 e. The number of primary amides is 1. The summed E-state index contributed by atoms with van der Waals surface area (Å²) in [6.07, 6.45) is 2.40. The van der Waals surface area contributed by atoms with Crippen LogP contribution in [0.3, 0.4) is 0 Å². The van der Waals surface area contributed by atoms with Crippen molar-refractivity contribution in [3.05, 3.63) is 59.7 Å². The molecule has 2 bridgehead atoms. The van der Waals surface area contributed by atoms with Crippen molar-refractivity contribution in [1.29, 1.82) is 0 Å². The maximum absolute atomic E-state index is 11.9. The highest BCUT2D eigenvalue weighted by molar-refractivity contribution is 5.94. The van der Waals surface area contributed by atoms with Crippen LogP contribution in [0.4, 0.5) is 0 Å². The van der Waals surface area contributed by atoms with E-state index in [0.717, 1.165) is 23.6 Å². The van der Waals surface area contributed by atoms with Crippen molar-refractivity contribution in [2.75, 3.05) is 19.6 Å². The van der Waals surface area contributed by atoms with E-state index in [1.807, 2.05) is 48.5 Å². The van der Waals surface area contributed by atoms with Crippen molar-refractivity contribution in [1.82, 2.24) is 4.90 Å². The summed E-state index contributed by atoms with van der Waals surface area (Å²) in [5, 5.41) is 0. The quantitative estimate of drug-likeness (QED) is 0.939. The van der Waals surface area contributed by atoms with E-state index in [1.165, 1.54) is 25.9 Å². The van der Waals surface area contributed by atoms with E-state index in [-0.39, 0.29) is 5.91 Å². The average Bonchev–Trinajstić information content (AvgIpc) is 2.63. The molecule has 1 amide bonds. The van der Waals surface area contributed by atoms with Gasteiger partial charge in [0, 0.05) is 18.0 Å². The molecule has 1 atom stereocenters. The van der Waals surface area contributed by atoms with Crippen molar-refractivity contribution in [3.63, 3.8) is 0 Å². The van der Waals surface area contributed by atoms with Crippen molar-refractivity contribution in [2.24, 2.45) is 11.7 Å². The molecule has 2 aromatic rings. The van der Waals surface area contributed by atoms with Gasteiger partial charge in [0.15, 0.2) is 0 Å². The molecule has 0 radical (unpaired) electrons. The van der Waals surface area contributed by atoms with Crippen LogP contribution in [0.2, 0.25) is 0 Å². The van der Waals surface area contributed by atoms with Gasteiger partial charge in [-0.25, -0.2) is 0 Å². The molecule has 1 unspecified atom stereocenters. The fraction of sp³-hybridized carbons (Fsp3) is 0.350. The topological polar surface area (TPSA) is 55.6 Å². The van der Waals surface area contributed by atoms with Gasteiger partial charge < -0.3 is 15.4 Å². The predicted molar refractivity (Wildman–Crippen MR) is 93.4 cm³/mol. The normalized spacial score (nSPS) is 25.4. The maximum atomic E-state index is 11.9. The molecule has 0 saturated carbocycles. The average molecular weight is 322 g/mol. The van der Waals surface area contributed by atoms with Crippen LogP contribution < -0.4 is 10.5 Å². The summed E-state index contributed by atoms with van der Waals surface area (Å²) in [5.74, 6) is 2.21. The molecule has 0 spiro atoms. The molecule has 0 aliphatic carbocycles. The molecule has 3 aliphatic rings. The maximum Gasteiger partial charge on any atom is 0.248 e. The highest BCUT2D eigenvalue weighted by Crippen LogP contribution is 2.41. The molecule has 0 aromatic heterocycles. The van der Waals surface area contributed by atoms with E-state index >= 15 is 0 Å². The zero-order valence-corrected chi connectivity index (χ0v) is 13.7. The van der Waals surface area contributed by atoms with Crippen LogP contribution in [0.1, 0.15) is 34.7 Å². The first-order valence-electron chi connectivity index (χ1n) is 8.60. The molecular weight excluding hydrogens is 300 g/mol. The molecule has 3 saturated heterocycles. The van der Waals surface area contributed by atoms with Crippen molar-refractivity contribution < 1.29 is 9.53 Å². The monoisotopic (exact) mass is 322 g/mol. The van der Waals surface area contributed by atoms with Gasteiger partial charge in [-0.2, -0.15) is 0 Å². The number of hydrogen-bond donors (Lipinski definition) is 1. The second-order valence-corrected chi connectivity index (χ2v) is 6.77. The number of hydrogen-bond acceptors (Lipinski definition) is 3. The summed E-state index contributed by atoms with van der Waals surface area (Å²) in [4.78, 5) is 14.4. The Kier molecular flexibility index (Phi) is 3.98. The van der Waals surface area contributed by atoms with Crippen LogP contribution in [0, 0.1) is 5.92 Å². The number of fused-ring (bicyclic) bond motifs is 3. The lowest BCUT2D eigenvalue weighted by Crippen LogP contribution is -2.46. The smallest absolute Gasteiger partial charge is 0.248 e. The summed E-state index contributed by atoms with van der Waals surface area (Å²) in [7, 11) is 0. The van der Waals surface area contributed by atoms with Crippen LogP contribution in [0.5, 0.6) is 11.5 Å². The Morgan fingerprint density at radius 1 is 1.04 bits per heavy atom. The highest BCUT2D eigenvalue weighted by Gasteiger charge is 2.36.